The molecule has 0 aliphatic carbocycles. The highest BCUT2D eigenvalue weighted by atomic mass is 32.2. The molecule has 1 aliphatic heterocycles. The zero-order chi connectivity index (χ0) is 9.03. The number of nitrogens with one attached hydrogen (secondary N) is 1. The van der Waals surface area contributed by atoms with Gasteiger partial charge in [-0.2, -0.15) is 0 Å². The molecule has 6 heteroatoms. The van der Waals surface area contributed by atoms with Gasteiger partial charge in [-0.1, -0.05) is 0 Å². The van der Waals surface area contributed by atoms with Crippen molar-refractivity contribution in [1.29, 1.82) is 0 Å². The molecule has 1 saturated heterocycles. The van der Waals surface area contributed by atoms with Gasteiger partial charge in [0.1, 0.15) is 5.25 Å². The Bertz CT molecular complexity index is 222. The first-order valence-corrected chi connectivity index (χ1v) is 5.26. The van der Waals surface area contributed by atoms with E-state index in [-0.39, 0.29) is 5.25 Å². The summed E-state index contributed by atoms with van der Waals surface area (Å²) < 4.78 is 34.4. The van der Waals surface area contributed by atoms with Crippen LogP contribution in [0.1, 0.15) is 0 Å². The molecule has 0 aromatic heterocycles. The van der Waals surface area contributed by atoms with Crippen molar-refractivity contribution < 1.29 is 17.9 Å². The van der Waals surface area contributed by atoms with Crippen LogP contribution in [0.15, 0.2) is 0 Å². The van der Waals surface area contributed by atoms with E-state index in [4.69, 9.17) is 9.47 Å². The maximum Gasteiger partial charge on any atom is 0.219 e. The van der Waals surface area contributed by atoms with Gasteiger partial charge in [-0.3, -0.25) is 0 Å². The summed E-state index contributed by atoms with van der Waals surface area (Å²) in [4.78, 5) is 0. The molecule has 0 atom stereocenters. The van der Waals surface area contributed by atoms with E-state index in [0.29, 0.717) is 26.4 Å². The van der Waals surface area contributed by atoms with Gasteiger partial charge in [0.25, 0.3) is 0 Å². The molecular weight excluding hydrogens is 182 g/mol. The minimum atomic E-state index is -3.15. The molecule has 0 unspecified atom stereocenters. The molecule has 0 radical (unpaired) electrons. The molecule has 0 saturated carbocycles. The molecule has 0 aromatic carbocycles. The third-order valence-electron chi connectivity index (χ3n) is 1.66. The molecule has 0 amide bonds. The average molecular weight is 195 g/mol. The summed E-state index contributed by atoms with van der Waals surface area (Å²) in [7, 11) is -1.62. The van der Waals surface area contributed by atoms with Crippen molar-refractivity contribution in [2.45, 2.75) is 5.25 Å². The second-order valence-corrected chi connectivity index (χ2v) is 4.64. The summed E-state index contributed by atoms with van der Waals surface area (Å²) in [5.74, 6) is 0. The van der Waals surface area contributed by atoms with Gasteiger partial charge in [-0.05, 0) is 0 Å². The normalized spacial score (nSPS) is 19.1. The van der Waals surface area contributed by atoms with Gasteiger partial charge in [0, 0.05) is 13.7 Å². The molecule has 1 fully saturated rings. The zero-order valence-electron chi connectivity index (χ0n) is 6.95. The Hall–Kier alpha value is -0.170. The molecule has 72 valence electrons. The van der Waals surface area contributed by atoms with Gasteiger partial charge in [0.05, 0.1) is 19.8 Å². The van der Waals surface area contributed by atoms with E-state index >= 15 is 0 Å². The van der Waals surface area contributed by atoms with Crippen molar-refractivity contribution >= 4 is 10.0 Å². The number of methoxy groups -OCH3 is 1. The number of sulfonamides is 1. The Balaban J connectivity index is 2.28. The van der Waals surface area contributed by atoms with E-state index in [1.807, 2.05) is 0 Å². The average Bonchev–Trinajstić information content (AvgIpc) is 1.82. The van der Waals surface area contributed by atoms with Crippen molar-refractivity contribution in [1.82, 2.24) is 4.72 Å². The summed E-state index contributed by atoms with van der Waals surface area (Å²) in [6.07, 6.45) is 0. The molecule has 0 spiro atoms. The number of rotatable bonds is 5. The lowest BCUT2D eigenvalue weighted by atomic mass is 10.4. The lowest BCUT2D eigenvalue weighted by molar-refractivity contribution is 0.0410. The van der Waals surface area contributed by atoms with Crippen molar-refractivity contribution in [3.8, 4) is 0 Å². The van der Waals surface area contributed by atoms with Crippen LogP contribution in [0.5, 0.6) is 0 Å². The van der Waals surface area contributed by atoms with Crippen LogP contribution < -0.4 is 4.72 Å². The number of hydrogen-bond donors (Lipinski definition) is 1. The monoisotopic (exact) mass is 195 g/mol. The van der Waals surface area contributed by atoms with Gasteiger partial charge in [-0.15, -0.1) is 0 Å². The number of ether oxygens (including phenoxy) is 2. The lowest BCUT2D eigenvalue weighted by Crippen LogP contribution is -2.47. The van der Waals surface area contributed by atoms with Crippen LogP contribution in [0.2, 0.25) is 0 Å². The Morgan fingerprint density at radius 1 is 1.58 bits per heavy atom. The summed E-state index contributed by atoms with van der Waals surface area (Å²) in [5.41, 5.74) is 0. The fraction of sp³-hybridized carbons (Fsp3) is 1.00. The Morgan fingerprint density at radius 3 is 2.67 bits per heavy atom. The summed E-state index contributed by atoms with van der Waals surface area (Å²) in [5, 5.41) is -0.366. The number of hydrogen-bond acceptors (Lipinski definition) is 4. The largest absolute Gasteiger partial charge is 0.383 e. The second kappa shape index (κ2) is 4.18. The van der Waals surface area contributed by atoms with Gasteiger partial charge < -0.3 is 9.47 Å². The highest BCUT2D eigenvalue weighted by Gasteiger charge is 2.31. The molecule has 0 aromatic rings. The smallest absolute Gasteiger partial charge is 0.219 e. The standard InChI is InChI=1S/C6H13NO4S/c1-10-3-2-7-12(8,9)6-4-11-5-6/h6-7H,2-5H2,1H3. The third-order valence-corrected chi connectivity index (χ3v) is 3.41. The summed E-state index contributed by atoms with van der Waals surface area (Å²) >= 11 is 0. The predicted molar refractivity (Wildman–Crippen MR) is 43.4 cm³/mol. The maximum absolute atomic E-state index is 11.2. The predicted octanol–water partition coefficient (Wildman–Crippen LogP) is -1.05. The van der Waals surface area contributed by atoms with Crippen molar-refractivity contribution in [3.63, 3.8) is 0 Å². The fourth-order valence-corrected chi connectivity index (χ4v) is 1.95. The maximum atomic E-state index is 11.2. The molecule has 1 aliphatic rings. The molecule has 12 heavy (non-hydrogen) atoms. The van der Waals surface area contributed by atoms with Crippen molar-refractivity contribution in [2.24, 2.45) is 0 Å². The lowest BCUT2D eigenvalue weighted by Gasteiger charge is -2.25. The molecule has 1 rings (SSSR count). The minimum absolute atomic E-state index is 0.308. The molecular formula is C6H13NO4S. The van der Waals surface area contributed by atoms with E-state index in [1.54, 1.807) is 0 Å². The Labute approximate surface area is 72.1 Å². The van der Waals surface area contributed by atoms with E-state index in [0.717, 1.165) is 0 Å². The van der Waals surface area contributed by atoms with Crippen LogP contribution in [-0.2, 0) is 19.5 Å². The summed E-state index contributed by atoms with van der Waals surface area (Å²) in [6.45, 7) is 1.34. The SMILES string of the molecule is COCCNS(=O)(=O)C1COC1. The highest BCUT2D eigenvalue weighted by molar-refractivity contribution is 7.90. The Kier molecular flexibility index (Phi) is 3.45. The van der Waals surface area contributed by atoms with E-state index in [9.17, 15) is 8.42 Å². The van der Waals surface area contributed by atoms with Gasteiger partial charge in [-0.25, -0.2) is 13.1 Å². The quantitative estimate of drug-likeness (QED) is 0.569. The van der Waals surface area contributed by atoms with Crippen LogP contribution in [-0.4, -0.2) is 47.1 Å². The van der Waals surface area contributed by atoms with Crippen LogP contribution >= 0.6 is 0 Å². The first kappa shape index (κ1) is 9.91. The van der Waals surface area contributed by atoms with Crippen molar-refractivity contribution in [2.75, 3.05) is 33.5 Å². The second-order valence-electron chi connectivity index (χ2n) is 2.59. The third kappa shape index (κ3) is 2.41. The molecule has 1 heterocycles. The topological polar surface area (TPSA) is 64.6 Å². The first-order chi connectivity index (χ1) is 5.67. The zero-order valence-corrected chi connectivity index (χ0v) is 7.76. The van der Waals surface area contributed by atoms with Crippen LogP contribution in [0, 0.1) is 0 Å². The molecule has 0 bridgehead atoms. The van der Waals surface area contributed by atoms with E-state index < -0.39 is 10.0 Å². The van der Waals surface area contributed by atoms with Gasteiger partial charge in [0.2, 0.25) is 10.0 Å². The van der Waals surface area contributed by atoms with Gasteiger partial charge in [0.15, 0.2) is 0 Å². The van der Waals surface area contributed by atoms with Crippen LogP contribution in [0.4, 0.5) is 0 Å². The molecule has 5 nitrogen and oxygen atoms in total. The highest BCUT2D eigenvalue weighted by Crippen LogP contribution is 2.09. The fourth-order valence-electron chi connectivity index (χ4n) is 0.797. The van der Waals surface area contributed by atoms with E-state index in [1.165, 1.54) is 7.11 Å². The first-order valence-electron chi connectivity index (χ1n) is 3.72. The van der Waals surface area contributed by atoms with Crippen LogP contribution in [0.25, 0.3) is 0 Å². The minimum Gasteiger partial charge on any atom is -0.383 e. The van der Waals surface area contributed by atoms with Crippen LogP contribution in [0.3, 0.4) is 0 Å². The van der Waals surface area contributed by atoms with Gasteiger partial charge >= 0.3 is 0 Å². The van der Waals surface area contributed by atoms with Crippen molar-refractivity contribution in [3.05, 3.63) is 0 Å². The molecule has 1 N–H and O–H groups in total. The Morgan fingerprint density at radius 2 is 2.25 bits per heavy atom. The summed E-state index contributed by atoms with van der Waals surface area (Å²) in [6, 6.07) is 0. The van der Waals surface area contributed by atoms with E-state index in [2.05, 4.69) is 4.72 Å².